The third-order valence-electron chi connectivity index (χ3n) is 4.60. The molecule has 24 heavy (non-hydrogen) atoms. The van der Waals surface area contributed by atoms with Crippen molar-refractivity contribution < 1.29 is 14.3 Å². The number of piperidine rings is 1. The van der Waals surface area contributed by atoms with Crippen molar-refractivity contribution in [3.8, 4) is 5.75 Å². The summed E-state index contributed by atoms with van der Waals surface area (Å²) in [7, 11) is 0. The van der Waals surface area contributed by atoms with E-state index in [2.05, 4.69) is 12.2 Å². The van der Waals surface area contributed by atoms with Gasteiger partial charge >= 0.3 is 0 Å². The zero-order valence-electron chi connectivity index (χ0n) is 15.1. The van der Waals surface area contributed by atoms with Crippen LogP contribution in [-0.2, 0) is 9.59 Å². The van der Waals surface area contributed by atoms with Gasteiger partial charge in [-0.15, -0.1) is 0 Å². The van der Waals surface area contributed by atoms with Gasteiger partial charge in [0.05, 0.1) is 6.61 Å². The van der Waals surface area contributed by atoms with E-state index < -0.39 is 5.41 Å². The summed E-state index contributed by atoms with van der Waals surface area (Å²) in [5, 5.41) is 2.84. The van der Waals surface area contributed by atoms with Gasteiger partial charge in [-0.05, 0) is 63.8 Å². The molecule has 1 N–H and O–H groups in total. The fourth-order valence-corrected chi connectivity index (χ4v) is 2.79. The minimum absolute atomic E-state index is 0.0992. The van der Waals surface area contributed by atoms with E-state index in [-0.39, 0.29) is 11.8 Å². The summed E-state index contributed by atoms with van der Waals surface area (Å²) >= 11 is 0. The maximum atomic E-state index is 12.7. The third kappa shape index (κ3) is 4.28. The Morgan fingerprint density at radius 2 is 1.79 bits per heavy atom. The number of hydrogen-bond acceptors (Lipinski definition) is 3. The minimum Gasteiger partial charge on any atom is -0.494 e. The highest BCUT2D eigenvalue weighted by atomic mass is 16.5. The van der Waals surface area contributed by atoms with Crippen LogP contribution in [0.4, 0.5) is 5.69 Å². The van der Waals surface area contributed by atoms with Gasteiger partial charge in [0, 0.05) is 18.8 Å². The predicted octanol–water partition coefficient (Wildman–Crippen LogP) is 3.31. The molecule has 0 unspecified atom stereocenters. The highest BCUT2D eigenvalue weighted by Gasteiger charge is 2.39. The average molecular weight is 332 g/mol. The number of benzene rings is 1. The molecule has 0 atom stereocenters. The van der Waals surface area contributed by atoms with Crippen LogP contribution in [0.1, 0.15) is 40.5 Å². The number of carbonyl (C=O) groups is 2. The van der Waals surface area contributed by atoms with Crippen molar-refractivity contribution in [2.75, 3.05) is 25.0 Å². The molecule has 1 aliphatic rings. The number of rotatable bonds is 5. The standard InChI is InChI=1S/C19H28N2O3/c1-5-24-16-8-6-15(7-9-16)20-17(22)19(3,4)18(23)21-12-10-14(2)11-13-21/h6-9,14H,5,10-13H2,1-4H3,(H,20,22). The van der Waals surface area contributed by atoms with Crippen LogP contribution in [0.2, 0.25) is 0 Å². The van der Waals surface area contributed by atoms with E-state index in [1.165, 1.54) is 0 Å². The molecule has 0 spiro atoms. The van der Waals surface area contributed by atoms with Gasteiger partial charge in [-0.1, -0.05) is 6.92 Å². The maximum absolute atomic E-state index is 12.7. The van der Waals surface area contributed by atoms with Crippen LogP contribution < -0.4 is 10.1 Å². The summed E-state index contributed by atoms with van der Waals surface area (Å²) in [6.07, 6.45) is 2.00. The molecule has 5 nitrogen and oxygen atoms in total. The summed E-state index contributed by atoms with van der Waals surface area (Å²) in [5.41, 5.74) is -0.421. The average Bonchev–Trinajstić information content (AvgIpc) is 2.57. The lowest BCUT2D eigenvalue weighted by Crippen LogP contribution is -2.49. The molecule has 5 heteroatoms. The summed E-state index contributed by atoms with van der Waals surface area (Å²) in [4.78, 5) is 27.2. The number of carbonyl (C=O) groups excluding carboxylic acids is 2. The lowest BCUT2D eigenvalue weighted by Gasteiger charge is -2.35. The van der Waals surface area contributed by atoms with E-state index in [0.717, 1.165) is 31.7 Å². The van der Waals surface area contributed by atoms with Crippen molar-refractivity contribution in [3.63, 3.8) is 0 Å². The second-order valence-electron chi connectivity index (χ2n) is 7.01. The van der Waals surface area contributed by atoms with Gasteiger partial charge in [0.2, 0.25) is 11.8 Å². The fourth-order valence-electron chi connectivity index (χ4n) is 2.79. The Bertz CT molecular complexity index is 573. The van der Waals surface area contributed by atoms with E-state index in [1.54, 1.807) is 38.1 Å². The number of ether oxygens (including phenoxy) is 1. The Morgan fingerprint density at radius 1 is 1.21 bits per heavy atom. The molecule has 0 radical (unpaired) electrons. The van der Waals surface area contributed by atoms with Crippen molar-refractivity contribution in [2.24, 2.45) is 11.3 Å². The number of likely N-dealkylation sites (tertiary alicyclic amines) is 1. The molecule has 2 rings (SSSR count). The van der Waals surface area contributed by atoms with Crippen LogP contribution in [0, 0.1) is 11.3 Å². The zero-order chi connectivity index (χ0) is 17.7. The predicted molar refractivity (Wildman–Crippen MR) is 95.0 cm³/mol. The summed E-state index contributed by atoms with van der Waals surface area (Å²) in [6.45, 7) is 9.58. The molecule has 1 saturated heterocycles. The van der Waals surface area contributed by atoms with Gasteiger partial charge < -0.3 is 15.0 Å². The van der Waals surface area contributed by atoms with Crippen molar-refractivity contribution in [1.82, 2.24) is 4.90 Å². The van der Waals surface area contributed by atoms with E-state index in [4.69, 9.17) is 4.74 Å². The molecule has 1 fully saturated rings. The largest absolute Gasteiger partial charge is 0.494 e. The van der Waals surface area contributed by atoms with Crippen LogP contribution in [0.5, 0.6) is 5.75 Å². The Labute approximate surface area is 144 Å². The Hall–Kier alpha value is -2.04. The second-order valence-corrected chi connectivity index (χ2v) is 7.01. The fraction of sp³-hybridized carbons (Fsp3) is 0.579. The van der Waals surface area contributed by atoms with E-state index in [9.17, 15) is 9.59 Å². The van der Waals surface area contributed by atoms with Crippen LogP contribution in [0.3, 0.4) is 0 Å². The molecule has 0 bridgehead atoms. The number of nitrogens with zero attached hydrogens (tertiary/aromatic N) is 1. The van der Waals surface area contributed by atoms with Gasteiger partial charge in [0.15, 0.2) is 0 Å². The van der Waals surface area contributed by atoms with Crippen LogP contribution >= 0.6 is 0 Å². The van der Waals surface area contributed by atoms with Crippen molar-refractivity contribution in [2.45, 2.75) is 40.5 Å². The molecule has 0 saturated carbocycles. The topological polar surface area (TPSA) is 58.6 Å². The lowest BCUT2D eigenvalue weighted by molar-refractivity contribution is -0.147. The molecule has 132 valence electrons. The van der Waals surface area contributed by atoms with Crippen molar-refractivity contribution in [3.05, 3.63) is 24.3 Å². The smallest absolute Gasteiger partial charge is 0.239 e. The molecule has 1 heterocycles. The summed E-state index contributed by atoms with van der Waals surface area (Å²) in [6, 6.07) is 7.18. The lowest BCUT2D eigenvalue weighted by atomic mass is 9.88. The molecule has 1 aromatic carbocycles. The van der Waals surface area contributed by atoms with Crippen molar-refractivity contribution >= 4 is 17.5 Å². The number of nitrogens with one attached hydrogen (secondary N) is 1. The van der Waals surface area contributed by atoms with Crippen LogP contribution in [-0.4, -0.2) is 36.4 Å². The normalized spacial score (nSPS) is 15.9. The molecule has 0 aliphatic carbocycles. The molecule has 0 aromatic heterocycles. The quantitative estimate of drug-likeness (QED) is 0.842. The Balaban J connectivity index is 1.99. The first kappa shape index (κ1) is 18.3. The summed E-state index contributed by atoms with van der Waals surface area (Å²) < 4.78 is 5.39. The first-order chi connectivity index (χ1) is 11.3. The van der Waals surface area contributed by atoms with Crippen LogP contribution in [0.25, 0.3) is 0 Å². The molecule has 2 amide bonds. The molecular formula is C19H28N2O3. The number of hydrogen-bond donors (Lipinski definition) is 1. The van der Waals surface area contributed by atoms with Gasteiger partial charge in [0.1, 0.15) is 11.2 Å². The molecule has 1 aliphatic heterocycles. The van der Waals surface area contributed by atoms with Crippen molar-refractivity contribution in [1.29, 1.82) is 0 Å². The van der Waals surface area contributed by atoms with E-state index in [0.29, 0.717) is 18.2 Å². The highest BCUT2D eigenvalue weighted by Crippen LogP contribution is 2.26. The second kappa shape index (κ2) is 7.69. The van der Waals surface area contributed by atoms with E-state index >= 15 is 0 Å². The monoisotopic (exact) mass is 332 g/mol. The maximum Gasteiger partial charge on any atom is 0.239 e. The molecular weight excluding hydrogens is 304 g/mol. The van der Waals surface area contributed by atoms with Gasteiger partial charge in [-0.3, -0.25) is 9.59 Å². The number of amides is 2. The Morgan fingerprint density at radius 3 is 2.33 bits per heavy atom. The zero-order valence-corrected chi connectivity index (χ0v) is 15.1. The first-order valence-corrected chi connectivity index (χ1v) is 8.68. The van der Waals surface area contributed by atoms with Gasteiger partial charge in [-0.2, -0.15) is 0 Å². The number of anilines is 1. The summed E-state index contributed by atoms with van der Waals surface area (Å²) in [5.74, 6) is 1.02. The minimum atomic E-state index is -1.08. The first-order valence-electron chi connectivity index (χ1n) is 8.68. The molecule has 1 aromatic rings. The Kier molecular flexibility index (Phi) is 5.86. The van der Waals surface area contributed by atoms with Crippen LogP contribution in [0.15, 0.2) is 24.3 Å². The van der Waals surface area contributed by atoms with Gasteiger partial charge in [0.25, 0.3) is 0 Å². The highest BCUT2D eigenvalue weighted by molar-refractivity contribution is 6.09. The van der Waals surface area contributed by atoms with E-state index in [1.807, 2.05) is 11.8 Å². The SMILES string of the molecule is CCOc1ccc(NC(=O)C(C)(C)C(=O)N2CCC(C)CC2)cc1. The third-order valence-corrected chi connectivity index (χ3v) is 4.60. The van der Waals surface area contributed by atoms with Gasteiger partial charge in [-0.25, -0.2) is 0 Å².